The number of rotatable bonds is 10. The number of nitrogens with zero attached hydrogens (tertiary/aromatic N) is 3. The molecule has 0 amide bonds. The maximum absolute atomic E-state index is 13.5. The van der Waals surface area contributed by atoms with Crippen LogP contribution in [0.5, 0.6) is 5.75 Å². The van der Waals surface area contributed by atoms with Crippen molar-refractivity contribution in [1.29, 1.82) is 0 Å². The van der Waals surface area contributed by atoms with Gasteiger partial charge in [-0.3, -0.25) is 0 Å². The summed E-state index contributed by atoms with van der Waals surface area (Å²) < 4.78 is 47.1. The summed E-state index contributed by atoms with van der Waals surface area (Å²) in [6.07, 6.45) is -1.97. The molecule has 33 heavy (non-hydrogen) atoms. The minimum absolute atomic E-state index is 0.00199. The molecule has 1 aromatic heterocycles. The molecule has 0 radical (unpaired) electrons. The summed E-state index contributed by atoms with van der Waals surface area (Å²) in [5.74, 6) is -4.34. The second-order valence-electron chi connectivity index (χ2n) is 7.23. The predicted octanol–water partition coefficient (Wildman–Crippen LogP) is 2.31. The van der Waals surface area contributed by atoms with E-state index in [1.807, 2.05) is 0 Å². The van der Waals surface area contributed by atoms with Crippen LogP contribution >= 0.6 is 11.8 Å². The van der Waals surface area contributed by atoms with Crippen LogP contribution in [0.4, 0.5) is 13.2 Å². The van der Waals surface area contributed by atoms with E-state index in [2.05, 4.69) is 10.3 Å². The first-order chi connectivity index (χ1) is 15.7. The predicted molar refractivity (Wildman–Crippen MR) is 113 cm³/mol. The van der Waals surface area contributed by atoms with Crippen molar-refractivity contribution >= 4 is 11.8 Å². The zero-order chi connectivity index (χ0) is 24.1. The standard InChI is InChI=1S/C21H22F3N3O5S/c1-11(29)19(10-28)32-21(33-14-4-2-3-13(30)7-14)18(31)9-27-8-17(25-26-27)12-5-15(22)20(24)16(23)6-12/h2-8,11,18-19,21,28-31H,9-10H2,1H3/t11-,18+,19?,21?/m1/s1. The van der Waals surface area contributed by atoms with Crippen LogP contribution in [0.1, 0.15) is 6.92 Å². The molecule has 2 unspecified atom stereocenters. The van der Waals surface area contributed by atoms with Gasteiger partial charge in [0.2, 0.25) is 0 Å². The fourth-order valence-corrected chi connectivity index (χ4v) is 3.93. The normalized spacial score (nSPS) is 15.2. The average molecular weight is 485 g/mol. The summed E-state index contributed by atoms with van der Waals surface area (Å²) in [5.41, 5.74) is -0.995. The number of thioether (sulfide) groups is 1. The Labute approximate surface area is 191 Å². The summed E-state index contributed by atoms with van der Waals surface area (Å²) in [7, 11) is 0. The van der Waals surface area contributed by atoms with E-state index in [0.717, 1.165) is 23.9 Å². The van der Waals surface area contributed by atoms with E-state index in [0.29, 0.717) is 4.90 Å². The number of halogens is 3. The molecule has 0 spiro atoms. The van der Waals surface area contributed by atoms with E-state index in [4.69, 9.17) is 4.74 Å². The lowest BCUT2D eigenvalue weighted by molar-refractivity contribution is -0.0972. The zero-order valence-electron chi connectivity index (χ0n) is 17.3. The van der Waals surface area contributed by atoms with Crippen molar-refractivity contribution in [3.05, 3.63) is 60.0 Å². The van der Waals surface area contributed by atoms with Crippen LogP contribution in [0.2, 0.25) is 0 Å². The Morgan fingerprint density at radius 2 is 1.82 bits per heavy atom. The molecule has 4 N–H and O–H groups in total. The first kappa shape index (κ1) is 25.0. The molecule has 0 saturated heterocycles. The second kappa shape index (κ2) is 11.0. The van der Waals surface area contributed by atoms with Crippen molar-refractivity contribution in [2.75, 3.05) is 6.61 Å². The Morgan fingerprint density at radius 1 is 1.12 bits per heavy atom. The molecule has 0 bridgehead atoms. The number of hydrogen-bond donors (Lipinski definition) is 4. The third kappa shape index (κ3) is 6.45. The SMILES string of the molecule is C[C@@H](O)C(CO)OC(Sc1cccc(O)c1)[C@@H](O)Cn1cc(-c2cc(F)c(F)c(F)c2)nn1. The van der Waals surface area contributed by atoms with Gasteiger partial charge in [0.1, 0.15) is 29.1 Å². The van der Waals surface area contributed by atoms with Gasteiger partial charge in [0.05, 0.1) is 25.5 Å². The lowest BCUT2D eigenvalue weighted by Crippen LogP contribution is -2.39. The molecule has 178 valence electrons. The van der Waals surface area contributed by atoms with Crippen LogP contribution in [0, 0.1) is 17.5 Å². The molecule has 3 aromatic rings. The van der Waals surface area contributed by atoms with Gasteiger partial charge < -0.3 is 25.2 Å². The van der Waals surface area contributed by atoms with Crippen LogP contribution in [0.3, 0.4) is 0 Å². The van der Waals surface area contributed by atoms with Crippen molar-refractivity contribution in [3.63, 3.8) is 0 Å². The minimum Gasteiger partial charge on any atom is -0.508 e. The Balaban J connectivity index is 1.79. The molecule has 8 nitrogen and oxygen atoms in total. The van der Waals surface area contributed by atoms with Gasteiger partial charge in [-0.2, -0.15) is 0 Å². The van der Waals surface area contributed by atoms with Gasteiger partial charge in [0.25, 0.3) is 0 Å². The molecule has 3 rings (SSSR count). The fraction of sp³-hybridized carbons (Fsp3) is 0.333. The zero-order valence-corrected chi connectivity index (χ0v) is 18.2. The van der Waals surface area contributed by atoms with E-state index < -0.39 is 47.8 Å². The molecule has 0 fully saturated rings. The van der Waals surface area contributed by atoms with Gasteiger partial charge in [-0.15, -0.1) is 5.10 Å². The smallest absolute Gasteiger partial charge is 0.194 e. The molecule has 0 aliphatic carbocycles. The third-order valence-corrected chi connectivity index (χ3v) is 5.79. The van der Waals surface area contributed by atoms with E-state index in [1.54, 1.807) is 12.1 Å². The number of phenolic OH excluding ortho intramolecular Hbond substituents is 1. The number of hydrogen-bond acceptors (Lipinski definition) is 8. The first-order valence-electron chi connectivity index (χ1n) is 9.81. The van der Waals surface area contributed by atoms with Crippen LogP contribution in [0.15, 0.2) is 47.5 Å². The molecule has 0 saturated carbocycles. The van der Waals surface area contributed by atoms with Crippen LogP contribution in [0.25, 0.3) is 11.3 Å². The summed E-state index contributed by atoms with van der Waals surface area (Å²) in [6, 6.07) is 7.76. The molecular weight excluding hydrogens is 463 g/mol. The molecule has 0 aliphatic heterocycles. The second-order valence-corrected chi connectivity index (χ2v) is 8.40. The molecule has 4 atom stereocenters. The van der Waals surface area contributed by atoms with Gasteiger partial charge in [-0.25, -0.2) is 17.9 Å². The largest absolute Gasteiger partial charge is 0.508 e. The van der Waals surface area contributed by atoms with E-state index in [-0.39, 0.29) is 23.6 Å². The molecule has 0 aliphatic rings. The van der Waals surface area contributed by atoms with Crippen molar-refractivity contribution in [1.82, 2.24) is 15.0 Å². The Hall–Kier alpha value is -2.64. The average Bonchev–Trinajstić information content (AvgIpc) is 3.22. The minimum atomic E-state index is -1.60. The maximum Gasteiger partial charge on any atom is 0.194 e. The Bertz CT molecular complexity index is 1060. The molecule has 12 heteroatoms. The van der Waals surface area contributed by atoms with Crippen LogP contribution in [-0.4, -0.2) is 65.8 Å². The lowest BCUT2D eigenvalue weighted by atomic mass is 10.1. The van der Waals surface area contributed by atoms with E-state index in [9.17, 15) is 33.6 Å². The van der Waals surface area contributed by atoms with Crippen LogP contribution in [-0.2, 0) is 11.3 Å². The van der Waals surface area contributed by atoms with Gasteiger partial charge in [-0.1, -0.05) is 23.0 Å². The quantitative estimate of drug-likeness (QED) is 0.196. The van der Waals surface area contributed by atoms with Crippen molar-refractivity contribution in [2.45, 2.75) is 42.1 Å². The van der Waals surface area contributed by atoms with E-state index >= 15 is 0 Å². The van der Waals surface area contributed by atoms with Crippen LogP contribution < -0.4 is 0 Å². The van der Waals surface area contributed by atoms with Crippen molar-refractivity contribution in [3.8, 4) is 17.0 Å². The third-order valence-electron chi connectivity index (χ3n) is 4.60. The topological polar surface area (TPSA) is 121 Å². The number of aromatic hydroxyl groups is 1. The number of ether oxygens (including phenoxy) is 1. The highest BCUT2D eigenvalue weighted by Crippen LogP contribution is 2.31. The molecule has 2 aromatic carbocycles. The van der Waals surface area contributed by atoms with Crippen molar-refractivity contribution in [2.24, 2.45) is 0 Å². The van der Waals surface area contributed by atoms with Crippen molar-refractivity contribution < 1.29 is 38.3 Å². The highest BCUT2D eigenvalue weighted by molar-refractivity contribution is 7.99. The maximum atomic E-state index is 13.5. The number of aliphatic hydroxyl groups excluding tert-OH is 3. The van der Waals surface area contributed by atoms with Gasteiger partial charge >= 0.3 is 0 Å². The number of benzene rings is 2. The van der Waals surface area contributed by atoms with Gasteiger partial charge in [0.15, 0.2) is 17.5 Å². The Morgan fingerprint density at radius 3 is 2.42 bits per heavy atom. The summed E-state index contributed by atoms with van der Waals surface area (Å²) >= 11 is 1.04. The molecular formula is C21H22F3N3O5S. The number of aromatic nitrogens is 3. The number of phenols is 1. The Kier molecular flexibility index (Phi) is 8.32. The van der Waals surface area contributed by atoms with E-state index in [1.165, 1.54) is 29.9 Å². The fourth-order valence-electron chi connectivity index (χ4n) is 2.87. The number of aliphatic hydroxyl groups is 3. The monoisotopic (exact) mass is 485 g/mol. The first-order valence-corrected chi connectivity index (χ1v) is 10.7. The summed E-state index contributed by atoms with van der Waals surface area (Å²) in [4.78, 5) is 0.554. The highest BCUT2D eigenvalue weighted by atomic mass is 32.2. The molecule has 1 heterocycles. The highest BCUT2D eigenvalue weighted by Gasteiger charge is 2.28. The summed E-state index contributed by atoms with van der Waals surface area (Å²) in [5, 5.41) is 47.4. The lowest BCUT2D eigenvalue weighted by Gasteiger charge is -2.28. The van der Waals surface area contributed by atoms with Gasteiger partial charge in [0, 0.05) is 10.5 Å². The summed E-state index contributed by atoms with van der Waals surface area (Å²) in [6.45, 7) is 0.748. The van der Waals surface area contributed by atoms with Gasteiger partial charge in [-0.05, 0) is 37.3 Å².